The summed E-state index contributed by atoms with van der Waals surface area (Å²) in [5.41, 5.74) is 0.862. The first-order valence-corrected chi connectivity index (χ1v) is 10.3. The van der Waals surface area contributed by atoms with E-state index in [4.69, 9.17) is 21.1 Å². The van der Waals surface area contributed by atoms with E-state index in [9.17, 15) is 0 Å². The Hall–Kier alpha value is -1.81. The number of halogens is 1. The van der Waals surface area contributed by atoms with E-state index in [0.29, 0.717) is 22.7 Å². The Morgan fingerprint density at radius 3 is 2.81 bits per heavy atom. The molecule has 27 heavy (non-hydrogen) atoms. The highest BCUT2D eigenvalue weighted by Gasteiger charge is 2.40. The Balaban J connectivity index is 1.46. The second kappa shape index (κ2) is 8.05. The molecule has 5 nitrogen and oxygen atoms in total. The van der Waals surface area contributed by atoms with Crippen LogP contribution in [0.15, 0.2) is 24.3 Å². The van der Waals surface area contributed by atoms with E-state index in [1.165, 1.54) is 13.0 Å². The van der Waals surface area contributed by atoms with Crippen molar-refractivity contribution in [3.63, 3.8) is 0 Å². The number of ether oxygens (including phenoxy) is 2. The molecule has 2 aliphatic heterocycles. The van der Waals surface area contributed by atoms with Crippen LogP contribution >= 0.6 is 23.3 Å². The molecule has 0 amide bonds. The van der Waals surface area contributed by atoms with Crippen LogP contribution in [0.25, 0.3) is 0 Å². The smallest absolute Gasteiger partial charge is 0.292 e. The number of benzene rings is 1. The van der Waals surface area contributed by atoms with Crippen molar-refractivity contribution in [2.24, 2.45) is 11.8 Å². The van der Waals surface area contributed by atoms with E-state index in [1.54, 1.807) is 0 Å². The van der Waals surface area contributed by atoms with Crippen LogP contribution in [0.4, 0.5) is 0 Å². The topological polar surface area (TPSA) is 47.5 Å². The second-order valence-corrected chi connectivity index (χ2v) is 8.37. The van der Waals surface area contributed by atoms with Gasteiger partial charge in [0.25, 0.3) is 11.8 Å². The maximum atomic E-state index is 6.14. The number of hydrogen-bond acceptors (Lipinski definition) is 6. The molecular formula is C20H22ClN3O2S. The fourth-order valence-electron chi connectivity index (χ4n) is 3.50. The van der Waals surface area contributed by atoms with Crippen LogP contribution in [-0.4, -0.2) is 45.5 Å². The van der Waals surface area contributed by atoms with Gasteiger partial charge in [0, 0.05) is 35.5 Å². The molecule has 4 atom stereocenters. The summed E-state index contributed by atoms with van der Waals surface area (Å²) in [5, 5.41) is 0.671. The molecule has 4 rings (SSSR count). The van der Waals surface area contributed by atoms with Crippen molar-refractivity contribution in [1.82, 2.24) is 13.6 Å². The van der Waals surface area contributed by atoms with Gasteiger partial charge in [-0.15, -0.1) is 8.75 Å². The molecule has 1 aromatic heterocycles. The van der Waals surface area contributed by atoms with Gasteiger partial charge < -0.3 is 9.47 Å². The quantitative estimate of drug-likeness (QED) is 0.712. The Bertz CT molecular complexity index is 860. The molecule has 3 heterocycles. The molecule has 2 bridgehead atoms. The van der Waals surface area contributed by atoms with Crippen LogP contribution in [0.2, 0.25) is 5.02 Å². The monoisotopic (exact) mass is 403 g/mol. The van der Waals surface area contributed by atoms with E-state index in [0.717, 1.165) is 30.4 Å². The number of nitrogens with zero attached hydrogens (tertiary/aromatic N) is 3. The lowest BCUT2D eigenvalue weighted by Crippen LogP contribution is -2.32. The molecule has 7 heteroatoms. The molecule has 2 fully saturated rings. The van der Waals surface area contributed by atoms with Gasteiger partial charge in [-0.25, -0.2) is 0 Å². The molecule has 0 aliphatic carbocycles. The fraction of sp³-hybridized carbons (Fsp3) is 0.500. The van der Waals surface area contributed by atoms with Gasteiger partial charge in [-0.05, 0) is 31.2 Å². The van der Waals surface area contributed by atoms with Crippen LogP contribution in [0.5, 0.6) is 11.8 Å². The maximum absolute atomic E-state index is 6.14. The fourth-order valence-corrected chi connectivity index (χ4v) is 4.12. The minimum atomic E-state index is -0.306. The van der Waals surface area contributed by atoms with Crippen LogP contribution in [0.1, 0.15) is 25.8 Å². The first-order chi connectivity index (χ1) is 13.1. The molecule has 2 aromatic rings. The highest BCUT2D eigenvalue weighted by Crippen LogP contribution is 2.34. The van der Waals surface area contributed by atoms with Crippen molar-refractivity contribution in [3.05, 3.63) is 34.9 Å². The van der Waals surface area contributed by atoms with Gasteiger partial charge >= 0.3 is 0 Å². The van der Waals surface area contributed by atoms with E-state index in [1.807, 2.05) is 24.3 Å². The average molecular weight is 404 g/mol. The van der Waals surface area contributed by atoms with Crippen LogP contribution in [-0.2, 0) is 0 Å². The third-order valence-corrected chi connectivity index (χ3v) is 5.72. The van der Waals surface area contributed by atoms with Crippen molar-refractivity contribution < 1.29 is 9.47 Å². The number of piperidine rings is 1. The van der Waals surface area contributed by atoms with Crippen molar-refractivity contribution in [3.8, 4) is 23.6 Å². The summed E-state index contributed by atoms with van der Waals surface area (Å²) in [4.78, 5) is 2.43. The van der Waals surface area contributed by atoms with Crippen molar-refractivity contribution in [1.29, 1.82) is 0 Å². The molecule has 0 spiro atoms. The predicted molar refractivity (Wildman–Crippen MR) is 106 cm³/mol. The molecule has 2 aliphatic rings. The number of fused-ring (bicyclic) bond motifs is 2. The minimum Gasteiger partial charge on any atom is -0.468 e. The molecule has 4 unspecified atom stereocenters. The Morgan fingerprint density at radius 2 is 2.11 bits per heavy atom. The Labute approximate surface area is 169 Å². The Morgan fingerprint density at radius 1 is 1.26 bits per heavy atom. The van der Waals surface area contributed by atoms with Crippen LogP contribution < -0.4 is 9.47 Å². The summed E-state index contributed by atoms with van der Waals surface area (Å²) in [7, 11) is 0. The molecule has 2 saturated heterocycles. The number of aromatic nitrogens is 2. The molecule has 142 valence electrons. The third kappa shape index (κ3) is 4.37. The number of hydrogen-bond donors (Lipinski definition) is 0. The second-order valence-electron chi connectivity index (χ2n) is 7.40. The van der Waals surface area contributed by atoms with Crippen molar-refractivity contribution >= 4 is 23.3 Å². The van der Waals surface area contributed by atoms with Gasteiger partial charge in [0.2, 0.25) is 0 Å². The van der Waals surface area contributed by atoms with E-state index < -0.39 is 0 Å². The zero-order valence-corrected chi connectivity index (χ0v) is 17.0. The summed E-state index contributed by atoms with van der Waals surface area (Å²) >= 11 is 7.14. The lowest BCUT2D eigenvalue weighted by molar-refractivity contribution is 0.122. The van der Waals surface area contributed by atoms with Crippen molar-refractivity contribution in [2.45, 2.75) is 32.5 Å². The van der Waals surface area contributed by atoms with Crippen molar-refractivity contribution in [2.75, 3.05) is 19.6 Å². The van der Waals surface area contributed by atoms with Gasteiger partial charge in [0.15, 0.2) is 6.10 Å². The van der Waals surface area contributed by atoms with Crippen LogP contribution in [0.3, 0.4) is 0 Å². The normalized spacial score (nSPS) is 24.5. The molecular weight excluding hydrogens is 382 g/mol. The standard InChI is InChI=1S/C20H22ClN3O2S/c1-13(2)17(7-6-14-4-3-5-16(21)10-14)25-19-20(23-27-22-19)26-18-12-24-9-8-15(18)11-24/h3-5,10,13,15,17-18H,8-9,11-12H2,1-2H3. The van der Waals surface area contributed by atoms with Gasteiger partial charge in [-0.2, -0.15) is 0 Å². The predicted octanol–water partition coefficient (Wildman–Crippen LogP) is 3.73. The van der Waals surface area contributed by atoms with Gasteiger partial charge in [-0.3, -0.25) is 4.90 Å². The minimum absolute atomic E-state index is 0.181. The summed E-state index contributed by atoms with van der Waals surface area (Å²) in [6.07, 6.45) is 1.07. The lowest BCUT2D eigenvalue weighted by atomic mass is 10.0. The van der Waals surface area contributed by atoms with Gasteiger partial charge in [-0.1, -0.05) is 43.4 Å². The average Bonchev–Trinajstić information content (AvgIpc) is 3.36. The van der Waals surface area contributed by atoms with E-state index >= 15 is 0 Å². The lowest BCUT2D eigenvalue weighted by Gasteiger charge is -2.23. The SMILES string of the molecule is CC(C)C(C#Cc1cccc(Cl)c1)Oc1nsnc1OC1CN2CCC1C2. The van der Waals surface area contributed by atoms with E-state index in [2.05, 4.69) is 39.3 Å². The summed E-state index contributed by atoms with van der Waals surface area (Å²) < 4.78 is 20.8. The number of rotatable bonds is 5. The summed E-state index contributed by atoms with van der Waals surface area (Å²) in [6, 6.07) is 7.49. The maximum Gasteiger partial charge on any atom is 0.292 e. The highest BCUT2D eigenvalue weighted by atomic mass is 35.5. The molecule has 0 radical (unpaired) electrons. The summed E-state index contributed by atoms with van der Waals surface area (Å²) in [5.74, 6) is 8.05. The zero-order valence-electron chi connectivity index (χ0n) is 15.4. The third-order valence-electron chi connectivity index (χ3n) is 4.99. The zero-order chi connectivity index (χ0) is 18.8. The highest BCUT2D eigenvalue weighted by molar-refractivity contribution is 6.99. The molecule has 1 aromatic carbocycles. The van der Waals surface area contributed by atoms with E-state index in [-0.39, 0.29) is 18.1 Å². The van der Waals surface area contributed by atoms with Gasteiger partial charge in [0.1, 0.15) is 6.10 Å². The summed E-state index contributed by atoms with van der Waals surface area (Å²) in [6.45, 7) is 7.40. The first-order valence-electron chi connectivity index (χ1n) is 9.24. The molecule has 0 saturated carbocycles. The largest absolute Gasteiger partial charge is 0.468 e. The Kier molecular flexibility index (Phi) is 5.53. The molecule has 0 N–H and O–H groups in total. The van der Waals surface area contributed by atoms with Gasteiger partial charge in [0.05, 0.1) is 11.7 Å². The van der Waals surface area contributed by atoms with Crippen LogP contribution in [0, 0.1) is 23.7 Å². The first kappa shape index (κ1) is 18.5.